The van der Waals surface area contributed by atoms with E-state index >= 15 is 0 Å². The lowest BCUT2D eigenvalue weighted by molar-refractivity contribution is 1.74. The summed E-state index contributed by atoms with van der Waals surface area (Å²) in [5.74, 6) is 0. The Labute approximate surface area is 145 Å². The summed E-state index contributed by atoms with van der Waals surface area (Å²) in [5, 5.41) is 4.19. The zero-order valence-electron chi connectivity index (χ0n) is 13.1. The lowest BCUT2D eigenvalue weighted by atomic mass is 10.4. The van der Waals surface area contributed by atoms with Gasteiger partial charge in [-0.3, -0.25) is 0 Å². The maximum atomic E-state index is 5.01. The molecule has 0 saturated carbocycles. The minimum absolute atomic E-state index is 0.446. The lowest BCUT2D eigenvalue weighted by Gasteiger charge is -2.18. The molecule has 3 rings (SSSR count). The summed E-state index contributed by atoms with van der Waals surface area (Å²) in [6.45, 7) is 1.87. The maximum Gasteiger partial charge on any atom is -0.0000330 e. The molecule has 0 aromatic heterocycles. The molecule has 0 nitrogen and oxygen atoms in total. The molecule has 0 aliphatic rings. The Morgan fingerprint density at radius 3 is 1.09 bits per heavy atom. The predicted octanol–water partition coefficient (Wildman–Crippen LogP) is 5.20. The van der Waals surface area contributed by atoms with Gasteiger partial charge in [0, 0.05) is 0 Å². The van der Waals surface area contributed by atoms with Crippen molar-refractivity contribution in [1.29, 1.82) is 0 Å². The first-order valence-corrected chi connectivity index (χ1v) is 9.31. The first kappa shape index (κ1) is 17.5. The summed E-state index contributed by atoms with van der Waals surface area (Å²) in [4.78, 5) is 0. The van der Waals surface area contributed by atoms with Crippen LogP contribution in [0.4, 0.5) is 0 Å². The molecule has 23 heavy (non-hydrogen) atoms. The van der Waals surface area contributed by atoms with Crippen LogP contribution in [0.3, 0.4) is 0 Å². The van der Waals surface area contributed by atoms with E-state index in [4.69, 9.17) is 11.6 Å². The lowest BCUT2D eigenvalue weighted by Crippen LogP contribution is -2.20. The highest BCUT2D eigenvalue weighted by atomic mass is 35.5. The van der Waals surface area contributed by atoms with Crippen molar-refractivity contribution >= 4 is 35.4 Å². The fourth-order valence-electron chi connectivity index (χ4n) is 2.18. The third kappa shape index (κ3) is 5.36. The Morgan fingerprint density at radius 2 is 0.870 bits per heavy atom. The number of hydrogen-bond donors (Lipinski definition) is 0. The van der Waals surface area contributed by atoms with Crippen molar-refractivity contribution in [2.75, 3.05) is 0 Å². The molecule has 0 saturated heterocycles. The minimum Gasteiger partial charge on any atom is -0.0933 e. The van der Waals surface area contributed by atoms with E-state index in [9.17, 15) is 0 Å². The zero-order valence-corrected chi connectivity index (χ0v) is 14.8. The fraction of sp³-hybridized carbons (Fsp3) is 0.0476. The topological polar surface area (TPSA) is 0 Å². The van der Waals surface area contributed by atoms with Crippen LogP contribution in [0.1, 0.15) is 6.92 Å². The van der Waals surface area contributed by atoms with Crippen LogP contribution in [-0.2, 0) is 0 Å². The van der Waals surface area contributed by atoms with Crippen molar-refractivity contribution in [3.05, 3.63) is 103 Å². The number of hydrogen-bond acceptors (Lipinski definition) is 0. The van der Waals surface area contributed by atoms with Gasteiger partial charge in [-0.15, -0.1) is 0 Å². The van der Waals surface area contributed by atoms with Gasteiger partial charge >= 0.3 is 0 Å². The van der Waals surface area contributed by atoms with Gasteiger partial charge in [-0.1, -0.05) is 109 Å². The van der Waals surface area contributed by atoms with Gasteiger partial charge in [-0.2, -0.15) is 0 Å². The number of halogens is 1. The summed E-state index contributed by atoms with van der Waals surface area (Å²) in [6, 6.07) is 32.3. The van der Waals surface area contributed by atoms with Crippen LogP contribution >= 0.6 is 19.5 Å². The first-order chi connectivity index (χ1) is 11.4. The molecule has 0 spiro atoms. The van der Waals surface area contributed by atoms with Gasteiger partial charge in [0.25, 0.3) is 0 Å². The Kier molecular flexibility index (Phi) is 7.60. The number of benzene rings is 3. The summed E-state index contributed by atoms with van der Waals surface area (Å²) < 4.78 is 0. The molecule has 0 aliphatic heterocycles. The Hall–Kier alpha value is -1.88. The van der Waals surface area contributed by atoms with E-state index in [0.29, 0.717) is 0 Å². The zero-order chi connectivity index (χ0) is 16.3. The second-order valence-electron chi connectivity index (χ2n) is 4.80. The van der Waals surface area contributed by atoms with Gasteiger partial charge in [0.05, 0.1) is 0 Å². The van der Waals surface area contributed by atoms with E-state index in [1.165, 1.54) is 21.4 Å². The largest absolute Gasteiger partial charge is 0.0933 e. The maximum absolute atomic E-state index is 5.01. The molecule has 116 valence electrons. The van der Waals surface area contributed by atoms with Gasteiger partial charge in [0.15, 0.2) is 0 Å². The highest BCUT2D eigenvalue weighted by molar-refractivity contribution is 7.79. The Balaban J connectivity index is 0.000000433. The molecule has 0 unspecified atom stereocenters. The average molecular weight is 339 g/mol. The van der Waals surface area contributed by atoms with E-state index in [2.05, 4.69) is 91.0 Å². The molecule has 0 atom stereocenters. The highest BCUT2D eigenvalue weighted by Crippen LogP contribution is 2.32. The van der Waals surface area contributed by atoms with Gasteiger partial charge < -0.3 is 0 Å². The molecule has 0 bridgehead atoms. The van der Waals surface area contributed by atoms with Crippen LogP contribution in [0.5, 0.6) is 0 Å². The van der Waals surface area contributed by atoms with Crippen molar-refractivity contribution in [2.24, 2.45) is 0 Å². The molecular formula is C21H20ClP. The van der Waals surface area contributed by atoms with Crippen LogP contribution < -0.4 is 15.9 Å². The predicted molar refractivity (Wildman–Crippen MR) is 106 cm³/mol. The summed E-state index contributed by atoms with van der Waals surface area (Å²) >= 11 is 5.01. The monoisotopic (exact) mass is 338 g/mol. The van der Waals surface area contributed by atoms with Crippen molar-refractivity contribution in [1.82, 2.24) is 0 Å². The molecule has 2 heteroatoms. The second kappa shape index (κ2) is 10.0. The SMILES string of the molecule is CC=CCl.c1ccc(P(c2ccccc2)c2ccccc2)cc1. The van der Waals surface area contributed by atoms with Crippen molar-refractivity contribution < 1.29 is 0 Å². The van der Waals surface area contributed by atoms with E-state index in [-0.39, 0.29) is 0 Å². The van der Waals surface area contributed by atoms with Crippen LogP contribution in [0.15, 0.2) is 103 Å². The third-order valence-electron chi connectivity index (χ3n) is 3.17. The smallest absolute Gasteiger partial charge is 0.0000330 e. The van der Waals surface area contributed by atoms with Crippen LogP contribution in [0.2, 0.25) is 0 Å². The fourth-order valence-corrected chi connectivity index (χ4v) is 4.48. The van der Waals surface area contributed by atoms with Gasteiger partial charge in [0.1, 0.15) is 0 Å². The molecule has 0 radical (unpaired) electrons. The molecule has 0 fully saturated rings. The van der Waals surface area contributed by atoms with Crippen LogP contribution in [0, 0.1) is 0 Å². The Bertz CT molecular complexity index is 596. The van der Waals surface area contributed by atoms with Crippen LogP contribution in [-0.4, -0.2) is 0 Å². The standard InChI is InChI=1S/C18H15P.C3H5Cl/c1-4-10-16(11-5-1)19(17-12-6-2-7-13-17)18-14-8-3-9-15-18;1-2-3-4/h1-15H;2-3H,1H3. The first-order valence-electron chi connectivity index (χ1n) is 7.53. The molecule has 0 amide bonds. The molecule has 3 aromatic rings. The normalized spacial score (nSPS) is 10.4. The van der Waals surface area contributed by atoms with Crippen molar-refractivity contribution in [3.63, 3.8) is 0 Å². The van der Waals surface area contributed by atoms with E-state index < -0.39 is 7.92 Å². The van der Waals surface area contributed by atoms with Gasteiger partial charge in [-0.05, 0) is 36.3 Å². The summed E-state index contributed by atoms with van der Waals surface area (Å²) in [5.41, 5.74) is 1.47. The molecule has 0 aliphatic carbocycles. The third-order valence-corrected chi connectivity index (χ3v) is 5.86. The molecule has 0 N–H and O–H groups in total. The quantitative estimate of drug-likeness (QED) is 0.575. The van der Waals surface area contributed by atoms with Gasteiger partial charge in [0.2, 0.25) is 0 Å². The number of rotatable bonds is 3. The van der Waals surface area contributed by atoms with E-state index in [0.717, 1.165) is 0 Å². The molecule has 3 aromatic carbocycles. The van der Waals surface area contributed by atoms with E-state index in [1.807, 2.05) is 6.92 Å². The molecule has 0 heterocycles. The Morgan fingerprint density at radius 1 is 0.609 bits per heavy atom. The highest BCUT2D eigenvalue weighted by Gasteiger charge is 2.14. The summed E-state index contributed by atoms with van der Waals surface area (Å²) in [7, 11) is -0.446. The molecular weight excluding hydrogens is 319 g/mol. The van der Waals surface area contributed by atoms with Crippen LogP contribution in [0.25, 0.3) is 0 Å². The van der Waals surface area contributed by atoms with E-state index in [1.54, 1.807) is 6.08 Å². The van der Waals surface area contributed by atoms with Crippen molar-refractivity contribution in [2.45, 2.75) is 6.92 Å². The second-order valence-corrected chi connectivity index (χ2v) is 7.27. The van der Waals surface area contributed by atoms with Crippen molar-refractivity contribution in [3.8, 4) is 0 Å². The van der Waals surface area contributed by atoms with Gasteiger partial charge in [-0.25, -0.2) is 0 Å². The minimum atomic E-state index is -0.446. The number of allylic oxidation sites excluding steroid dienone is 1. The average Bonchev–Trinajstić information content (AvgIpc) is 2.65. The summed E-state index contributed by atoms with van der Waals surface area (Å²) in [6.07, 6.45) is 1.77.